The average Bonchev–Trinajstić information content (AvgIpc) is 3.33. The van der Waals surface area contributed by atoms with E-state index in [1.54, 1.807) is 28.9 Å². The fourth-order valence-electron chi connectivity index (χ4n) is 4.60. The van der Waals surface area contributed by atoms with E-state index in [9.17, 15) is 9.59 Å². The van der Waals surface area contributed by atoms with E-state index >= 15 is 0 Å². The molecule has 1 aliphatic carbocycles. The van der Waals surface area contributed by atoms with Crippen molar-refractivity contribution in [2.24, 2.45) is 0 Å². The summed E-state index contributed by atoms with van der Waals surface area (Å²) in [6, 6.07) is 7.03. The number of hydrogen-bond donors (Lipinski definition) is 0. The van der Waals surface area contributed by atoms with Crippen molar-refractivity contribution in [3.8, 4) is 11.5 Å². The standard InChI is InChI=1S/C22H25N3O4/c26-21-12-15-5-2-1-3-7-18(15)23-25(21)13-17-6-4-10-24(17)22(27)16-8-9-19-20(11-16)29-14-28-19/h8-9,11-12,17H,1-7,10,13-14H2/t17-/m0/s1. The molecule has 0 bridgehead atoms. The summed E-state index contributed by atoms with van der Waals surface area (Å²) < 4.78 is 12.3. The van der Waals surface area contributed by atoms with Gasteiger partial charge in [0.1, 0.15) is 0 Å². The molecule has 1 aromatic carbocycles. The van der Waals surface area contributed by atoms with Crippen LogP contribution in [0, 0.1) is 0 Å². The maximum Gasteiger partial charge on any atom is 0.267 e. The first kappa shape index (κ1) is 18.2. The summed E-state index contributed by atoms with van der Waals surface area (Å²) in [5, 5.41) is 4.68. The first-order valence-electron chi connectivity index (χ1n) is 10.5. The minimum atomic E-state index is -0.0620. The van der Waals surface area contributed by atoms with Gasteiger partial charge in [0.15, 0.2) is 11.5 Å². The number of aryl methyl sites for hydroxylation is 2. The van der Waals surface area contributed by atoms with Gasteiger partial charge in [-0.05, 0) is 62.3 Å². The number of amides is 1. The lowest BCUT2D eigenvalue weighted by Gasteiger charge is -2.25. The zero-order valence-corrected chi connectivity index (χ0v) is 16.4. The summed E-state index contributed by atoms with van der Waals surface area (Å²) in [6.45, 7) is 1.33. The van der Waals surface area contributed by atoms with Crippen LogP contribution in [0.15, 0.2) is 29.1 Å². The second kappa shape index (κ2) is 7.54. The van der Waals surface area contributed by atoms with Crippen LogP contribution >= 0.6 is 0 Å². The first-order chi connectivity index (χ1) is 14.2. The molecule has 7 nitrogen and oxygen atoms in total. The number of hydrogen-bond acceptors (Lipinski definition) is 5. The molecule has 7 heteroatoms. The third-order valence-corrected chi connectivity index (χ3v) is 6.17. The van der Waals surface area contributed by atoms with Crippen molar-refractivity contribution in [2.75, 3.05) is 13.3 Å². The molecule has 0 spiro atoms. The van der Waals surface area contributed by atoms with Gasteiger partial charge in [0, 0.05) is 18.2 Å². The van der Waals surface area contributed by atoms with E-state index in [4.69, 9.17) is 9.47 Å². The van der Waals surface area contributed by atoms with Crippen LogP contribution in [0.5, 0.6) is 11.5 Å². The molecule has 1 fully saturated rings. The molecule has 1 amide bonds. The normalized spacial score (nSPS) is 20.4. The van der Waals surface area contributed by atoms with Gasteiger partial charge < -0.3 is 14.4 Å². The maximum atomic E-state index is 13.1. The summed E-state index contributed by atoms with van der Waals surface area (Å²) in [5.41, 5.74) is 2.67. The van der Waals surface area contributed by atoms with Gasteiger partial charge in [-0.2, -0.15) is 5.10 Å². The van der Waals surface area contributed by atoms with Crippen LogP contribution < -0.4 is 15.0 Å². The number of carbonyl (C=O) groups excluding carboxylic acids is 1. The van der Waals surface area contributed by atoms with E-state index in [0.29, 0.717) is 30.2 Å². The van der Waals surface area contributed by atoms with Crippen LogP contribution in [0.25, 0.3) is 0 Å². The zero-order chi connectivity index (χ0) is 19.8. The highest BCUT2D eigenvalue weighted by Gasteiger charge is 2.31. The summed E-state index contributed by atoms with van der Waals surface area (Å²) in [6.07, 6.45) is 7.11. The minimum absolute atomic E-state index is 0.0260. The molecule has 1 aromatic heterocycles. The Bertz CT molecular complexity index is 1000. The van der Waals surface area contributed by atoms with Crippen molar-refractivity contribution in [3.63, 3.8) is 0 Å². The van der Waals surface area contributed by atoms with Crippen molar-refractivity contribution < 1.29 is 14.3 Å². The molecule has 0 N–H and O–H groups in total. The van der Waals surface area contributed by atoms with E-state index in [0.717, 1.165) is 49.8 Å². The summed E-state index contributed by atoms with van der Waals surface area (Å²) >= 11 is 0. The van der Waals surface area contributed by atoms with Crippen LogP contribution in [0.3, 0.4) is 0 Å². The molecule has 3 aliphatic rings. The number of benzene rings is 1. The molecule has 2 aromatic rings. The number of aromatic nitrogens is 2. The van der Waals surface area contributed by atoms with Crippen molar-refractivity contribution in [3.05, 3.63) is 51.4 Å². The van der Waals surface area contributed by atoms with Crippen LogP contribution in [0.2, 0.25) is 0 Å². The minimum Gasteiger partial charge on any atom is -0.454 e. The average molecular weight is 395 g/mol. The lowest BCUT2D eigenvalue weighted by molar-refractivity contribution is 0.0720. The SMILES string of the molecule is O=C(c1ccc2c(c1)OCO2)N1CCC[C@H]1Cn1nc2c(cc1=O)CCCCC2. The highest BCUT2D eigenvalue weighted by atomic mass is 16.7. The van der Waals surface area contributed by atoms with Gasteiger partial charge in [-0.15, -0.1) is 0 Å². The fourth-order valence-corrected chi connectivity index (χ4v) is 4.60. The van der Waals surface area contributed by atoms with E-state index in [1.165, 1.54) is 6.42 Å². The third kappa shape index (κ3) is 3.50. The van der Waals surface area contributed by atoms with Gasteiger partial charge >= 0.3 is 0 Å². The highest BCUT2D eigenvalue weighted by molar-refractivity contribution is 5.95. The van der Waals surface area contributed by atoms with Gasteiger partial charge in [-0.3, -0.25) is 9.59 Å². The van der Waals surface area contributed by atoms with Crippen molar-refractivity contribution in [1.29, 1.82) is 0 Å². The Morgan fingerprint density at radius 2 is 1.93 bits per heavy atom. The van der Waals surface area contributed by atoms with E-state index in [1.807, 2.05) is 4.90 Å². The summed E-state index contributed by atoms with van der Waals surface area (Å²) in [7, 11) is 0. The number of rotatable bonds is 3. The molecule has 1 saturated heterocycles. The maximum absolute atomic E-state index is 13.1. The van der Waals surface area contributed by atoms with Crippen molar-refractivity contribution in [2.45, 2.75) is 57.5 Å². The number of nitrogens with zero attached hydrogens (tertiary/aromatic N) is 3. The largest absolute Gasteiger partial charge is 0.454 e. The quantitative estimate of drug-likeness (QED) is 0.747. The van der Waals surface area contributed by atoms with Crippen molar-refractivity contribution >= 4 is 5.91 Å². The Kier molecular flexibility index (Phi) is 4.73. The molecule has 152 valence electrons. The lowest BCUT2D eigenvalue weighted by Crippen LogP contribution is -2.41. The molecule has 29 heavy (non-hydrogen) atoms. The number of fused-ring (bicyclic) bond motifs is 2. The van der Waals surface area contributed by atoms with E-state index < -0.39 is 0 Å². The van der Waals surface area contributed by atoms with E-state index in [2.05, 4.69) is 5.10 Å². The van der Waals surface area contributed by atoms with Crippen LogP contribution in [-0.2, 0) is 19.4 Å². The Morgan fingerprint density at radius 3 is 2.86 bits per heavy atom. The van der Waals surface area contributed by atoms with Crippen LogP contribution in [0.1, 0.15) is 53.7 Å². The van der Waals surface area contributed by atoms with Crippen LogP contribution in [-0.4, -0.2) is 40.0 Å². The fraction of sp³-hybridized carbons (Fsp3) is 0.500. The number of carbonyl (C=O) groups is 1. The van der Waals surface area contributed by atoms with Gasteiger partial charge in [-0.1, -0.05) is 6.42 Å². The third-order valence-electron chi connectivity index (χ3n) is 6.17. The number of ether oxygens (including phenoxy) is 2. The Hall–Kier alpha value is -2.83. The molecule has 0 unspecified atom stereocenters. The predicted octanol–water partition coefficient (Wildman–Crippen LogP) is 2.55. The lowest BCUT2D eigenvalue weighted by atomic mass is 10.1. The molecule has 0 radical (unpaired) electrons. The molecule has 1 atom stereocenters. The predicted molar refractivity (Wildman–Crippen MR) is 106 cm³/mol. The van der Waals surface area contributed by atoms with Gasteiger partial charge in [0.05, 0.1) is 18.3 Å². The Labute approximate surface area is 169 Å². The second-order valence-corrected chi connectivity index (χ2v) is 8.06. The monoisotopic (exact) mass is 395 g/mol. The topological polar surface area (TPSA) is 73.7 Å². The second-order valence-electron chi connectivity index (χ2n) is 8.06. The van der Waals surface area contributed by atoms with Crippen LogP contribution in [0.4, 0.5) is 0 Å². The Balaban J connectivity index is 1.37. The molecule has 5 rings (SSSR count). The van der Waals surface area contributed by atoms with Gasteiger partial charge in [-0.25, -0.2) is 4.68 Å². The molecule has 0 saturated carbocycles. The highest BCUT2D eigenvalue weighted by Crippen LogP contribution is 2.33. The molecular weight excluding hydrogens is 370 g/mol. The summed E-state index contributed by atoms with van der Waals surface area (Å²) in [5.74, 6) is 1.24. The summed E-state index contributed by atoms with van der Waals surface area (Å²) in [4.78, 5) is 27.6. The van der Waals surface area contributed by atoms with Gasteiger partial charge in [0.25, 0.3) is 11.5 Å². The van der Waals surface area contributed by atoms with Crippen molar-refractivity contribution in [1.82, 2.24) is 14.7 Å². The van der Waals surface area contributed by atoms with Gasteiger partial charge in [0.2, 0.25) is 6.79 Å². The smallest absolute Gasteiger partial charge is 0.267 e. The van der Waals surface area contributed by atoms with E-state index in [-0.39, 0.29) is 24.3 Å². The molecular formula is C22H25N3O4. The zero-order valence-electron chi connectivity index (χ0n) is 16.4. The number of likely N-dealkylation sites (tertiary alicyclic amines) is 1. The molecule has 3 heterocycles. The first-order valence-corrected chi connectivity index (χ1v) is 10.5. The molecule has 2 aliphatic heterocycles. The Morgan fingerprint density at radius 1 is 1.07 bits per heavy atom.